The van der Waals surface area contributed by atoms with Crippen molar-refractivity contribution in [2.75, 3.05) is 31.0 Å². The number of ketones is 2. The Labute approximate surface area is 275 Å². The molecule has 0 bridgehead atoms. The van der Waals surface area contributed by atoms with E-state index in [1.807, 2.05) is 0 Å². The van der Waals surface area contributed by atoms with E-state index in [0.717, 1.165) is 17.0 Å². The zero-order valence-electron chi connectivity index (χ0n) is 25.5. The van der Waals surface area contributed by atoms with Crippen molar-refractivity contribution in [2.24, 2.45) is 17.8 Å². The number of allylic oxidation sites excluding steroid dienone is 6. The number of anilines is 2. The van der Waals surface area contributed by atoms with Crippen molar-refractivity contribution in [1.82, 2.24) is 0 Å². The van der Waals surface area contributed by atoms with Crippen LogP contribution in [0, 0.1) is 38.0 Å². The third-order valence-electron chi connectivity index (χ3n) is 9.32. The van der Waals surface area contributed by atoms with Crippen molar-refractivity contribution in [3.8, 4) is 11.5 Å². The fourth-order valence-corrected chi connectivity index (χ4v) is 7.85. The third kappa shape index (κ3) is 4.75. The van der Waals surface area contributed by atoms with E-state index >= 15 is 0 Å². The van der Waals surface area contributed by atoms with Gasteiger partial charge < -0.3 is 14.7 Å². The highest BCUT2D eigenvalue weighted by Gasteiger charge is 2.57. The Morgan fingerprint density at radius 2 is 1.64 bits per heavy atom. The van der Waals surface area contributed by atoms with Crippen molar-refractivity contribution >= 4 is 62.1 Å². The second-order valence-corrected chi connectivity index (χ2v) is 12.9. The lowest BCUT2D eigenvalue weighted by molar-refractivity contribution is -0.392. The lowest BCUT2D eigenvalue weighted by atomic mass is 9.59. The highest BCUT2D eigenvalue weighted by atomic mass is 79.9. The first-order chi connectivity index (χ1) is 22.2. The number of carbonyl (C=O) groups is 4. The predicted octanol–water partition coefficient (Wildman–Crippen LogP) is 4.68. The van der Waals surface area contributed by atoms with Crippen LogP contribution in [0.25, 0.3) is 0 Å². The first kappa shape index (κ1) is 31.8. The Morgan fingerprint density at radius 3 is 2.21 bits per heavy atom. The number of fused-ring (bicyclic) bond motifs is 3. The van der Waals surface area contributed by atoms with E-state index in [-0.39, 0.29) is 68.5 Å². The van der Waals surface area contributed by atoms with Crippen LogP contribution in [0.4, 0.5) is 22.7 Å². The summed E-state index contributed by atoms with van der Waals surface area (Å²) in [6.45, 7) is 1.53. The number of nitrogens with zero attached hydrogens (tertiary/aromatic N) is 4. The minimum atomic E-state index is -1.03. The van der Waals surface area contributed by atoms with E-state index in [0.29, 0.717) is 11.1 Å². The van der Waals surface area contributed by atoms with Gasteiger partial charge >= 0.3 is 11.4 Å². The lowest BCUT2D eigenvalue weighted by Crippen LogP contribution is -2.39. The molecule has 1 heterocycles. The zero-order valence-corrected chi connectivity index (χ0v) is 27.1. The van der Waals surface area contributed by atoms with Crippen molar-refractivity contribution in [2.45, 2.75) is 25.7 Å². The fraction of sp³-hybridized carbons (Fsp3) is 0.312. The summed E-state index contributed by atoms with van der Waals surface area (Å²) in [6, 6.07) is 5.10. The molecule has 14 nitrogen and oxygen atoms in total. The molecule has 242 valence electrons. The molecule has 2 aromatic rings. The van der Waals surface area contributed by atoms with Gasteiger partial charge in [0.15, 0.2) is 28.8 Å². The second-order valence-electron chi connectivity index (χ2n) is 12.0. The number of benzene rings is 2. The summed E-state index contributed by atoms with van der Waals surface area (Å²) in [5.74, 6) is -5.70. The largest absolute Gasteiger partial charge is 0.503 e. The number of methoxy groups -OCH3 is 1. The predicted molar refractivity (Wildman–Crippen MR) is 170 cm³/mol. The Balaban J connectivity index is 1.50. The number of hydrogen-bond acceptors (Lipinski definition) is 11. The number of amides is 2. The number of nitro groups is 2. The van der Waals surface area contributed by atoms with Gasteiger partial charge in [0.05, 0.1) is 39.0 Å². The van der Waals surface area contributed by atoms with Crippen molar-refractivity contribution in [1.29, 1.82) is 0 Å². The van der Waals surface area contributed by atoms with Gasteiger partial charge in [0.1, 0.15) is 0 Å². The first-order valence-electron chi connectivity index (χ1n) is 14.5. The molecule has 1 N–H and O–H groups in total. The van der Waals surface area contributed by atoms with E-state index in [2.05, 4.69) is 15.9 Å². The van der Waals surface area contributed by atoms with Crippen LogP contribution in [-0.4, -0.2) is 59.5 Å². The van der Waals surface area contributed by atoms with Crippen LogP contribution in [0.5, 0.6) is 11.5 Å². The molecule has 0 spiro atoms. The van der Waals surface area contributed by atoms with Crippen LogP contribution in [0.1, 0.15) is 31.2 Å². The Morgan fingerprint density at radius 1 is 1.00 bits per heavy atom. The molecule has 2 aromatic carbocycles. The number of nitro benzene ring substituents is 2. The summed E-state index contributed by atoms with van der Waals surface area (Å²) >= 11 is 3.33. The Bertz CT molecular complexity index is 1930. The number of phenols is 1. The zero-order chi connectivity index (χ0) is 34.2. The number of hydrogen-bond donors (Lipinski definition) is 1. The molecule has 15 heteroatoms. The molecule has 1 aliphatic heterocycles. The summed E-state index contributed by atoms with van der Waals surface area (Å²) in [5, 5.41) is 34.5. The van der Waals surface area contributed by atoms with Crippen LogP contribution in [-0.2, 0) is 19.2 Å². The fourth-order valence-electron chi connectivity index (χ4n) is 7.39. The summed E-state index contributed by atoms with van der Waals surface area (Å²) < 4.78 is 5.62. The maximum Gasteiger partial charge on any atom is 0.301 e. The molecule has 4 unspecified atom stereocenters. The van der Waals surface area contributed by atoms with E-state index < -0.39 is 56.7 Å². The average Bonchev–Trinajstić information content (AvgIpc) is 3.28. The van der Waals surface area contributed by atoms with Crippen LogP contribution in [0.3, 0.4) is 0 Å². The molecule has 0 saturated carbocycles. The number of Topliss-reactive ketones (excluding diaryl/α,β-unsaturated/α-hetero) is 1. The number of aromatic hydroxyl groups is 1. The maximum absolute atomic E-state index is 14.3. The topological polar surface area (TPSA) is 190 Å². The van der Waals surface area contributed by atoms with E-state index in [9.17, 15) is 44.5 Å². The van der Waals surface area contributed by atoms with Gasteiger partial charge in [-0.15, -0.1) is 0 Å². The Kier molecular flexibility index (Phi) is 7.62. The summed E-state index contributed by atoms with van der Waals surface area (Å²) in [5.41, 5.74) is -0.0917. The van der Waals surface area contributed by atoms with Gasteiger partial charge in [0, 0.05) is 48.9 Å². The van der Waals surface area contributed by atoms with Gasteiger partial charge in [-0.2, -0.15) is 0 Å². The van der Waals surface area contributed by atoms with Crippen LogP contribution >= 0.6 is 15.9 Å². The van der Waals surface area contributed by atoms with Gasteiger partial charge in [-0.1, -0.05) is 11.6 Å². The average molecular weight is 707 g/mol. The summed E-state index contributed by atoms with van der Waals surface area (Å²) in [7, 11) is 4.17. The van der Waals surface area contributed by atoms with E-state index in [1.165, 1.54) is 39.1 Å². The lowest BCUT2D eigenvalue weighted by Gasteiger charge is -2.42. The maximum atomic E-state index is 14.3. The normalized spacial score (nSPS) is 23.6. The Hall–Kier alpha value is -5.18. The quantitative estimate of drug-likeness (QED) is 0.144. The first-order valence-corrected chi connectivity index (χ1v) is 15.3. The third-order valence-corrected chi connectivity index (χ3v) is 9.92. The van der Waals surface area contributed by atoms with Crippen molar-refractivity contribution in [3.05, 3.63) is 89.0 Å². The summed E-state index contributed by atoms with van der Waals surface area (Å²) in [6.07, 6.45) is 3.11. The minimum absolute atomic E-state index is 0.0162. The minimum Gasteiger partial charge on any atom is -0.503 e. The molecule has 4 atom stereocenters. The van der Waals surface area contributed by atoms with Crippen LogP contribution in [0.2, 0.25) is 0 Å². The van der Waals surface area contributed by atoms with Gasteiger partial charge in [-0.25, -0.2) is 4.90 Å². The molecule has 47 heavy (non-hydrogen) atoms. The molecule has 4 aliphatic rings. The smallest absolute Gasteiger partial charge is 0.301 e. The molecule has 1 fully saturated rings. The number of phenolic OH excluding ortho intramolecular Hbond substituents is 1. The standard InChI is InChI=1S/C32H27BrN4O10/c1-13-7-23(38)27-19(29(13)39)12-18-16(25(27)14-8-20(33)30(40)24(9-14)47-4)5-6-17-26(18)32(42)35(31(17)41)15-10-21(36(43)44)28(34(2)3)22(11-15)37(45)46/h5,7-11,17-18,25-26,40H,6,12H2,1-4H3. The molecule has 0 radical (unpaired) electrons. The van der Waals surface area contributed by atoms with Gasteiger partial charge in [-0.05, 0) is 65.4 Å². The van der Waals surface area contributed by atoms with Crippen LogP contribution < -0.4 is 14.5 Å². The van der Waals surface area contributed by atoms with Gasteiger partial charge in [0.25, 0.3) is 0 Å². The highest BCUT2D eigenvalue weighted by Crippen LogP contribution is 2.56. The van der Waals surface area contributed by atoms with Gasteiger partial charge in [-0.3, -0.25) is 39.4 Å². The molecule has 2 amide bonds. The van der Waals surface area contributed by atoms with E-state index in [4.69, 9.17) is 4.74 Å². The van der Waals surface area contributed by atoms with Crippen molar-refractivity contribution < 1.29 is 38.9 Å². The van der Waals surface area contributed by atoms with Crippen molar-refractivity contribution in [3.63, 3.8) is 0 Å². The molecule has 0 aromatic heterocycles. The second kappa shape index (κ2) is 11.3. The monoisotopic (exact) mass is 706 g/mol. The SMILES string of the molecule is COc1cc(C2C3=CCC4C(=O)N(c5cc([N+](=O)[O-])c(N(C)C)c([N+](=O)[O-])c5)C(=O)C4C3CC3=C2C(=O)C=C(C)C3=O)cc(Br)c1O. The highest BCUT2D eigenvalue weighted by molar-refractivity contribution is 9.10. The molecular formula is C32H27BrN4O10. The van der Waals surface area contributed by atoms with E-state index in [1.54, 1.807) is 18.2 Å². The van der Waals surface area contributed by atoms with Gasteiger partial charge in [0.2, 0.25) is 11.8 Å². The number of rotatable bonds is 6. The number of ether oxygens (including phenoxy) is 1. The van der Waals surface area contributed by atoms with Crippen LogP contribution in [0.15, 0.2) is 63.2 Å². The number of imide groups is 1. The molecule has 3 aliphatic carbocycles. The number of halogens is 1. The molecule has 6 rings (SSSR count). The summed E-state index contributed by atoms with van der Waals surface area (Å²) in [4.78, 5) is 79.7. The number of carbonyl (C=O) groups excluding carboxylic acids is 4. The molecule has 1 saturated heterocycles. The molecular weight excluding hydrogens is 680 g/mol.